The number of para-hydroxylation sites is 3. The predicted octanol–water partition coefficient (Wildman–Crippen LogP) is 10.9. The molecule has 0 bridgehead atoms. The van der Waals surface area contributed by atoms with Crippen molar-refractivity contribution in [3.8, 4) is 22.5 Å². The van der Waals surface area contributed by atoms with Gasteiger partial charge >= 0.3 is 0 Å². The minimum atomic E-state index is -2.74. The van der Waals surface area contributed by atoms with E-state index >= 15 is 0 Å². The van der Waals surface area contributed by atoms with Crippen LogP contribution < -0.4 is 20.7 Å². The second-order valence-corrected chi connectivity index (χ2v) is 18.7. The first kappa shape index (κ1) is 33.2. The summed E-state index contributed by atoms with van der Waals surface area (Å²) in [5.74, 6) is 0. The van der Waals surface area contributed by atoms with Crippen molar-refractivity contribution in [3.63, 3.8) is 0 Å². The molecule has 11 aromatic rings. The Morgan fingerprint density at radius 3 is 1.33 bits per heavy atom. The lowest BCUT2D eigenvalue weighted by Crippen LogP contribution is -2.74. The van der Waals surface area contributed by atoms with Crippen LogP contribution >= 0.6 is 0 Å². The Balaban J connectivity index is 1.24. The smallest absolute Gasteiger partial charge is 0.179 e. The Kier molecular flexibility index (Phi) is 7.87. The van der Waals surface area contributed by atoms with Crippen molar-refractivity contribution in [1.29, 1.82) is 0 Å². The molecule has 0 unspecified atom stereocenters. The molecule has 0 saturated heterocycles. The van der Waals surface area contributed by atoms with Gasteiger partial charge in [-0.15, -0.1) is 0 Å². The molecule has 268 valence electrons. The third-order valence-electron chi connectivity index (χ3n) is 11.8. The topological polar surface area (TPSA) is 9.86 Å². The highest BCUT2D eigenvalue weighted by Crippen LogP contribution is 2.42. The number of fused-ring (bicyclic) bond motifs is 6. The van der Waals surface area contributed by atoms with Gasteiger partial charge in [-0.3, -0.25) is 0 Å². The van der Waals surface area contributed by atoms with E-state index in [2.05, 4.69) is 240 Å². The van der Waals surface area contributed by atoms with E-state index in [-0.39, 0.29) is 0 Å². The summed E-state index contributed by atoms with van der Waals surface area (Å²) in [6, 6.07) is 85.2. The van der Waals surface area contributed by atoms with Crippen LogP contribution in [-0.2, 0) is 0 Å². The maximum absolute atomic E-state index is 2.74. The lowest BCUT2D eigenvalue weighted by molar-refractivity contribution is 1.15. The van der Waals surface area contributed by atoms with E-state index in [1.807, 2.05) is 0 Å². The summed E-state index contributed by atoms with van der Waals surface area (Å²) in [5.41, 5.74) is 9.48. The maximum atomic E-state index is 2.52. The van der Waals surface area contributed by atoms with Gasteiger partial charge in [0.1, 0.15) is 0 Å². The summed E-state index contributed by atoms with van der Waals surface area (Å²) < 4.78 is 4.93. The van der Waals surface area contributed by atoms with Gasteiger partial charge in [-0.05, 0) is 74.3 Å². The molecular weight excluding hydrogens is 705 g/mol. The third-order valence-corrected chi connectivity index (χ3v) is 16.6. The molecule has 11 rings (SSSR count). The molecular formula is C54H38N2Si. The highest BCUT2D eigenvalue weighted by molar-refractivity contribution is 7.20. The summed E-state index contributed by atoms with van der Waals surface area (Å²) in [6.07, 6.45) is 0. The summed E-state index contributed by atoms with van der Waals surface area (Å²) in [4.78, 5) is 0. The van der Waals surface area contributed by atoms with Crippen molar-refractivity contribution in [2.75, 3.05) is 0 Å². The Bertz CT molecular complexity index is 3110. The minimum absolute atomic E-state index is 1.14. The van der Waals surface area contributed by atoms with Gasteiger partial charge in [0.25, 0.3) is 0 Å². The largest absolute Gasteiger partial charge is 0.309 e. The van der Waals surface area contributed by atoms with E-state index in [0.717, 1.165) is 11.4 Å². The molecule has 0 saturated carbocycles. The van der Waals surface area contributed by atoms with Gasteiger partial charge in [0.05, 0.1) is 22.1 Å². The van der Waals surface area contributed by atoms with E-state index in [0.29, 0.717) is 0 Å². The van der Waals surface area contributed by atoms with Crippen molar-refractivity contribution in [2.24, 2.45) is 0 Å². The molecule has 9 aromatic carbocycles. The van der Waals surface area contributed by atoms with Gasteiger partial charge < -0.3 is 9.13 Å². The van der Waals surface area contributed by atoms with Crippen molar-refractivity contribution >= 4 is 72.4 Å². The molecule has 0 aliphatic carbocycles. The highest BCUT2D eigenvalue weighted by Gasteiger charge is 2.41. The average molecular weight is 743 g/mol. The second-order valence-electron chi connectivity index (χ2n) is 14.9. The molecule has 0 fully saturated rings. The molecule has 0 atom stereocenters. The van der Waals surface area contributed by atoms with E-state index < -0.39 is 8.07 Å². The normalized spacial score (nSPS) is 11.9. The average Bonchev–Trinajstić information content (AvgIpc) is 3.81. The zero-order chi connectivity index (χ0) is 37.8. The fourth-order valence-electron chi connectivity index (χ4n) is 9.46. The number of aromatic nitrogens is 2. The lowest BCUT2D eigenvalue weighted by Gasteiger charge is -2.34. The number of rotatable bonds is 7. The molecule has 0 spiro atoms. The molecule has 2 aromatic heterocycles. The SMILES string of the molecule is c1ccc(-c2cc(-n3c4ccccc4c4cc([Si](c5ccccc5)(c5ccccc5)c5ccccc5)ccc43)cc3c2c2ccccc2n3-c2ccccc2)cc1. The van der Waals surface area contributed by atoms with Gasteiger partial charge in [0.15, 0.2) is 8.07 Å². The lowest BCUT2D eigenvalue weighted by atomic mass is 9.98. The Morgan fingerprint density at radius 1 is 0.281 bits per heavy atom. The van der Waals surface area contributed by atoms with Crippen LogP contribution in [0.3, 0.4) is 0 Å². The van der Waals surface area contributed by atoms with Gasteiger partial charge in [0, 0.05) is 32.9 Å². The molecule has 0 N–H and O–H groups in total. The first-order valence-electron chi connectivity index (χ1n) is 19.7. The first-order chi connectivity index (χ1) is 28.3. The zero-order valence-electron chi connectivity index (χ0n) is 31.3. The van der Waals surface area contributed by atoms with Gasteiger partial charge in [-0.25, -0.2) is 0 Å². The summed E-state index contributed by atoms with van der Waals surface area (Å²) >= 11 is 0. The van der Waals surface area contributed by atoms with Gasteiger partial charge in [0.2, 0.25) is 0 Å². The highest BCUT2D eigenvalue weighted by atomic mass is 28.3. The molecule has 3 heteroatoms. The van der Waals surface area contributed by atoms with Crippen molar-refractivity contribution < 1.29 is 0 Å². The third kappa shape index (κ3) is 5.17. The van der Waals surface area contributed by atoms with E-state index in [1.165, 1.54) is 75.5 Å². The summed E-state index contributed by atoms with van der Waals surface area (Å²) in [7, 11) is -2.74. The summed E-state index contributed by atoms with van der Waals surface area (Å²) in [6.45, 7) is 0. The van der Waals surface area contributed by atoms with Crippen molar-refractivity contribution in [1.82, 2.24) is 9.13 Å². The van der Waals surface area contributed by atoms with E-state index in [4.69, 9.17) is 0 Å². The van der Waals surface area contributed by atoms with Crippen LogP contribution in [0.5, 0.6) is 0 Å². The quantitative estimate of drug-likeness (QED) is 0.114. The Labute approximate surface area is 333 Å². The number of hydrogen-bond acceptors (Lipinski definition) is 0. The Morgan fingerprint density at radius 2 is 0.737 bits per heavy atom. The van der Waals surface area contributed by atoms with Crippen LogP contribution in [0, 0.1) is 0 Å². The molecule has 2 heterocycles. The van der Waals surface area contributed by atoms with Crippen LogP contribution in [0.15, 0.2) is 231 Å². The number of benzene rings is 9. The van der Waals surface area contributed by atoms with Crippen LogP contribution in [0.25, 0.3) is 66.1 Å². The fourth-order valence-corrected chi connectivity index (χ4v) is 14.2. The van der Waals surface area contributed by atoms with Crippen molar-refractivity contribution in [3.05, 3.63) is 231 Å². The standard InChI is InChI=1S/C54H38N2Si/c1-6-20-39(21-7-1)48-36-41(37-53-54(48)47-31-17-19-33-51(47)55(53)40-22-8-2-9-23-40)56-50-32-18-16-30-46(50)49-38-45(34-35-52(49)56)57(42-24-10-3-11-25-42,43-26-12-4-13-27-43)44-28-14-5-15-29-44/h1-38H. The van der Waals surface area contributed by atoms with Crippen LogP contribution in [0.4, 0.5) is 0 Å². The van der Waals surface area contributed by atoms with Crippen LogP contribution in [-0.4, -0.2) is 17.2 Å². The molecule has 2 nitrogen and oxygen atoms in total. The Hall–Kier alpha value is -7.20. The number of nitrogens with zero attached hydrogens (tertiary/aromatic N) is 2. The van der Waals surface area contributed by atoms with E-state index in [9.17, 15) is 0 Å². The molecule has 0 amide bonds. The minimum Gasteiger partial charge on any atom is -0.309 e. The zero-order valence-corrected chi connectivity index (χ0v) is 32.3. The summed E-state index contributed by atoms with van der Waals surface area (Å²) in [5, 5.41) is 10.5. The first-order valence-corrected chi connectivity index (χ1v) is 21.7. The van der Waals surface area contributed by atoms with Crippen LogP contribution in [0.1, 0.15) is 0 Å². The molecule has 0 radical (unpaired) electrons. The maximum Gasteiger partial charge on any atom is 0.179 e. The number of hydrogen-bond donors (Lipinski definition) is 0. The molecule has 57 heavy (non-hydrogen) atoms. The fraction of sp³-hybridized carbons (Fsp3) is 0. The predicted molar refractivity (Wildman–Crippen MR) is 244 cm³/mol. The second kappa shape index (κ2) is 13.5. The van der Waals surface area contributed by atoms with Crippen molar-refractivity contribution in [2.45, 2.75) is 0 Å². The van der Waals surface area contributed by atoms with Gasteiger partial charge in [-0.2, -0.15) is 0 Å². The monoisotopic (exact) mass is 742 g/mol. The molecule has 0 aliphatic heterocycles. The van der Waals surface area contributed by atoms with E-state index in [1.54, 1.807) is 0 Å². The van der Waals surface area contributed by atoms with Crippen LogP contribution in [0.2, 0.25) is 0 Å². The molecule has 0 aliphatic rings. The van der Waals surface area contributed by atoms with Gasteiger partial charge in [-0.1, -0.05) is 188 Å².